The molecule has 0 aliphatic heterocycles. The standard InChI is InChI=1S/C18H22F16/c1-3-5-6-7-8-10-12(21,22)14(25,26)16(29,30)18(33,34)17(31,32)15(27,28)13(23,24)11(19,20)9-4-2/h3-10H2,1-2H3. The summed E-state index contributed by atoms with van der Waals surface area (Å²) < 4.78 is 218. The van der Waals surface area contributed by atoms with Crippen molar-refractivity contribution in [3.63, 3.8) is 0 Å². The van der Waals surface area contributed by atoms with Crippen molar-refractivity contribution in [3.05, 3.63) is 0 Å². The summed E-state index contributed by atoms with van der Waals surface area (Å²) in [5.41, 5.74) is 0. The van der Waals surface area contributed by atoms with E-state index in [1.165, 1.54) is 0 Å². The molecule has 0 nitrogen and oxygen atoms in total. The minimum Gasteiger partial charge on any atom is -0.200 e. The van der Waals surface area contributed by atoms with Crippen molar-refractivity contribution in [1.29, 1.82) is 0 Å². The molecule has 206 valence electrons. The Balaban J connectivity index is 6.34. The molecule has 0 radical (unpaired) electrons. The molecule has 0 aromatic carbocycles. The minimum atomic E-state index is -8.33. The summed E-state index contributed by atoms with van der Waals surface area (Å²) in [5.74, 6) is -60.1. The molecule has 16 heteroatoms. The lowest BCUT2D eigenvalue weighted by atomic mass is 9.86. The van der Waals surface area contributed by atoms with Crippen LogP contribution in [-0.2, 0) is 0 Å². The third-order valence-electron chi connectivity index (χ3n) is 5.05. The van der Waals surface area contributed by atoms with Gasteiger partial charge in [-0.05, 0) is 6.42 Å². The molecular formula is C18H22F16. The van der Waals surface area contributed by atoms with Crippen LogP contribution in [0.1, 0.15) is 65.2 Å². The van der Waals surface area contributed by atoms with Gasteiger partial charge in [0.1, 0.15) is 0 Å². The quantitative estimate of drug-likeness (QED) is 0.143. The Hall–Kier alpha value is -1.12. The third-order valence-corrected chi connectivity index (χ3v) is 5.05. The Bertz CT molecular complexity index is 652. The molecule has 0 fully saturated rings. The predicted octanol–water partition coefficient (Wildman–Crippen LogP) is 9.23. The van der Waals surface area contributed by atoms with Crippen molar-refractivity contribution >= 4 is 0 Å². The SMILES string of the molecule is CCCCCCCC(F)(F)C(F)(F)C(F)(F)C(F)(F)C(F)(F)C(F)(F)C(F)(F)C(F)(F)CCC. The Morgan fingerprint density at radius 2 is 0.618 bits per heavy atom. The molecular weight excluding hydrogens is 520 g/mol. The van der Waals surface area contributed by atoms with Crippen LogP contribution >= 0.6 is 0 Å². The highest BCUT2D eigenvalue weighted by atomic mass is 19.4. The number of rotatable bonds is 15. The van der Waals surface area contributed by atoms with Gasteiger partial charge in [-0.2, -0.15) is 70.2 Å². The molecule has 0 saturated heterocycles. The highest BCUT2D eigenvalue weighted by Gasteiger charge is 2.94. The van der Waals surface area contributed by atoms with Crippen molar-refractivity contribution in [3.8, 4) is 0 Å². The smallest absolute Gasteiger partial charge is 0.200 e. The van der Waals surface area contributed by atoms with E-state index in [0.717, 1.165) is 0 Å². The molecule has 0 atom stereocenters. The topological polar surface area (TPSA) is 0 Å². The van der Waals surface area contributed by atoms with Crippen LogP contribution in [0.3, 0.4) is 0 Å². The number of halogens is 16. The summed E-state index contributed by atoms with van der Waals surface area (Å²) in [4.78, 5) is 0. The Morgan fingerprint density at radius 1 is 0.324 bits per heavy atom. The van der Waals surface area contributed by atoms with Crippen LogP contribution < -0.4 is 0 Å². The number of hydrogen-bond acceptors (Lipinski definition) is 0. The third kappa shape index (κ3) is 5.05. The molecule has 0 bridgehead atoms. The molecule has 0 spiro atoms. The maximum Gasteiger partial charge on any atom is 0.384 e. The molecule has 0 aliphatic carbocycles. The van der Waals surface area contributed by atoms with Gasteiger partial charge in [-0.3, -0.25) is 0 Å². The van der Waals surface area contributed by atoms with E-state index in [0.29, 0.717) is 19.8 Å². The van der Waals surface area contributed by atoms with Crippen molar-refractivity contribution in [1.82, 2.24) is 0 Å². The average Bonchev–Trinajstić information content (AvgIpc) is 2.66. The number of alkyl halides is 16. The first-order valence-electron chi connectivity index (χ1n) is 9.90. The molecule has 0 aromatic rings. The van der Waals surface area contributed by atoms with E-state index in [2.05, 4.69) is 0 Å². The number of hydrogen-bond donors (Lipinski definition) is 0. The van der Waals surface area contributed by atoms with Crippen LogP contribution in [0, 0.1) is 0 Å². The zero-order valence-electron chi connectivity index (χ0n) is 17.7. The Kier molecular flexibility index (Phi) is 9.76. The van der Waals surface area contributed by atoms with E-state index in [-0.39, 0.29) is 12.8 Å². The Morgan fingerprint density at radius 3 is 0.941 bits per heavy atom. The lowest BCUT2D eigenvalue weighted by Crippen LogP contribution is -2.74. The van der Waals surface area contributed by atoms with Crippen LogP contribution in [-0.4, -0.2) is 47.4 Å². The van der Waals surface area contributed by atoms with Crippen LogP contribution in [0.2, 0.25) is 0 Å². The van der Waals surface area contributed by atoms with Crippen molar-refractivity contribution < 1.29 is 70.2 Å². The predicted molar refractivity (Wildman–Crippen MR) is 87.9 cm³/mol. The van der Waals surface area contributed by atoms with Crippen molar-refractivity contribution in [2.45, 2.75) is 113 Å². The lowest BCUT2D eigenvalue weighted by molar-refractivity contribution is -0.453. The normalized spacial score (nSPS) is 15.7. The van der Waals surface area contributed by atoms with E-state index in [1.807, 2.05) is 0 Å². The molecule has 0 rings (SSSR count). The van der Waals surface area contributed by atoms with Crippen molar-refractivity contribution in [2.24, 2.45) is 0 Å². The lowest BCUT2D eigenvalue weighted by Gasteiger charge is -2.43. The van der Waals surface area contributed by atoms with Crippen LogP contribution in [0.15, 0.2) is 0 Å². The van der Waals surface area contributed by atoms with Gasteiger partial charge >= 0.3 is 47.4 Å². The van der Waals surface area contributed by atoms with Gasteiger partial charge in [-0.15, -0.1) is 0 Å². The van der Waals surface area contributed by atoms with Gasteiger partial charge in [0.25, 0.3) is 0 Å². The second-order valence-electron chi connectivity index (χ2n) is 7.77. The molecule has 0 aliphatic rings. The molecule has 0 amide bonds. The van der Waals surface area contributed by atoms with E-state index in [1.54, 1.807) is 6.92 Å². The van der Waals surface area contributed by atoms with E-state index in [9.17, 15) is 70.2 Å². The van der Waals surface area contributed by atoms with Crippen molar-refractivity contribution in [2.75, 3.05) is 0 Å². The minimum absolute atomic E-state index is 0.107. The molecule has 34 heavy (non-hydrogen) atoms. The molecule has 0 N–H and O–H groups in total. The zero-order chi connectivity index (χ0) is 27.7. The van der Waals surface area contributed by atoms with Gasteiger partial charge in [-0.25, -0.2) is 0 Å². The maximum atomic E-state index is 13.7. The summed E-state index contributed by atoms with van der Waals surface area (Å²) in [5, 5.41) is 0. The van der Waals surface area contributed by atoms with E-state index < -0.39 is 73.1 Å². The fourth-order valence-electron chi connectivity index (χ4n) is 2.83. The first-order chi connectivity index (χ1) is 14.9. The largest absolute Gasteiger partial charge is 0.384 e. The van der Waals surface area contributed by atoms with E-state index >= 15 is 0 Å². The van der Waals surface area contributed by atoms with Gasteiger partial charge in [0.2, 0.25) is 0 Å². The number of unbranched alkanes of at least 4 members (excludes halogenated alkanes) is 4. The summed E-state index contributed by atoms with van der Waals surface area (Å²) in [6.07, 6.45) is -6.04. The fourth-order valence-corrected chi connectivity index (χ4v) is 2.83. The zero-order valence-corrected chi connectivity index (χ0v) is 17.7. The van der Waals surface area contributed by atoms with Gasteiger partial charge in [0, 0.05) is 12.8 Å². The highest BCUT2D eigenvalue weighted by molar-refractivity contribution is 5.15. The molecule has 0 saturated carbocycles. The van der Waals surface area contributed by atoms with Crippen LogP contribution in [0.5, 0.6) is 0 Å². The molecule has 0 heterocycles. The first kappa shape index (κ1) is 32.9. The van der Waals surface area contributed by atoms with Gasteiger partial charge in [0.15, 0.2) is 0 Å². The highest BCUT2D eigenvalue weighted by Crippen LogP contribution is 2.64. The first-order valence-corrected chi connectivity index (χ1v) is 9.90. The van der Waals surface area contributed by atoms with Gasteiger partial charge in [0.05, 0.1) is 0 Å². The van der Waals surface area contributed by atoms with Gasteiger partial charge < -0.3 is 0 Å². The van der Waals surface area contributed by atoms with Gasteiger partial charge in [-0.1, -0.05) is 46.0 Å². The molecule has 0 aromatic heterocycles. The van der Waals surface area contributed by atoms with Crippen LogP contribution in [0.4, 0.5) is 70.2 Å². The maximum absolute atomic E-state index is 13.7. The average molecular weight is 542 g/mol. The monoisotopic (exact) mass is 542 g/mol. The van der Waals surface area contributed by atoms with E-state index in [4.69, 9.17) is 0 Å². The second kappa shape index (κ2) is 10.1. The summed E-state index contributed by atoms with van der Waals surface area (Å²) in [6.45, 7) is 2.27. The summed E-state index contributed by atoms with van der Waals surface area (Å²) in [6, 6.07) is 0. The van der Waals surface area contributed by atoms with Crippen LogP contribution in [0.25, 0.3) is 0 Å². The summed E-state index contributed by atoms with van der Waals surface area (Å²) >= 11 is 0. The fraction of sp³-hybridized carbons (Fsp3) is 1.00. The second-order valence-corrected chi connectivity index (χ2v) is 7.77. The Labute approximate surface area is 184 Å². The molecule has 0 unspecified atom stereocenters. The summed E-state index contributed by atoms with van der Waals surface area (Å²) in [7, 11) is 0.